The molecule has 2 rings (SSSR count). The van der Waals surface area contributed by atoms with Gasteiger partial charge < -0.3 is 5.73 Å². The first-order valence-corrected chi connectivity index (χ1v) is 5.62. The van der Waals surface area contributed by atoms with Gasteiger partial charge in [0.1, 0.15) is 0 Å². The van der Waals surface area contributed by atoms with Gasteiger partial charge in [-0.25, -0.2) is 13.8 Å². The Morgan fingerprint density at radius 1 is 1.35 bits per heavy atom. The van der Waals surface area contributed by atoms with Gasteiger partial charge in [0.15, 0.2) is 22.5 Å². The Balaban J connectivity index is 2.17. The Bertz CT molecular complexity index is 568. The minimum absolute atomic E-state index is 0.0266. The third-order valence-electron chi connectivity index (χ3n) is 2.15. The molecule has 0 unspecified atom stereocenters. The van der Waals surface area contributed by atoms with Crippen LogP contribution in [0.15, 0.2) is 23.6 Å². The number of rotatable bonds is 3. The number of hydrogen-bond donors (Lipinski definition) is 1. The van der Waals surface area contributed by atoms with E-state index in [0.717, 1.165) is 12.1 Å². The minimum atomic E-state index is -1.03. The molecule has 2 N–H and O–H groups in total. The van der Waals surface area contributed by atoms with Crippen molar-refractivity contribution in [3.8, 4) is 0 Å². The average molecular weight is 254 g/mol. The molecule has 2 aromatic rings. The fourth-order valence-corrected chi connectivity index (χ4v) is 1.90. The first-order chi connectivity index (χ1) is 8.06. The number of carbonyl (C=O) groups is 1. The topological polar surface area (TPSA) is 56.0 Å². The normalized spacial score (nSPS) is 10.5. The van der Waals surface area contributed by atoms with Crippen molar-refractivity contribution in [2.45, 2.75) is 6.42 Å². The number of anilines is 1. The molecule has 17 heavy (non-hydrogen) atoms. The van der Waals surface area contributed by atoms with Crippen LogP contribution < -0.4 is 5.73 Å². The van der Waals surface area contributed by atoms with Crippen LogP contribution in [0.3, 0.4) is 0 Å². The second kappa shape index (κ2) is 4.58. The van der Waals surface area contributed by atoms with Crippen LogP contribution in [0.5, 0.6) is 0 Å². The molecule has 3 nitrogen and oxygen atoms in total. The Kier molecular flexibility index (Phi) is 3.14. The quantitative estimate of drug-likeness (QED) is 0.856. The monoisotopic (exact) mass is 254 g/mol. The molecule has 1 aromatic heterocycles. The summed E-state index contributed by atoms with van der Waals surface area (Å²) in [6, 6.07) is 3.06. The van der Waals surface area contributed by atoms with Gasteiger partial charge in [0.05, 0.1) is 12.1 Å². The zero-order chi connectivity index (χ0) is 12.4. The Labute approximate surface area is 99.9 Å². The number of nitrogens with two attached hydrogens (primary N) is 1. The highest BCUT2D eigenvalue weighted by Crippen LogP contribution is 2.15. The van der Waals surface area contributed by atoms with E-state index in [1.807, 2.05) is 0 Å². The van der Waals surface area contributed by atoms with Crippen molar-refractivity contribution in [2.24, 2.45) is 0 Å². The summed E-state index contributed by atoms with van der Waals surface area (Å²) in [5, 5.41) is 2.03. The molecule has 0 aliphatic heterocycles. The molecular weight excluding hydrogens is 246 g/mol. The van der Waals surface area contributed by atoms with Crippen molar-refractivity contribution in [3.63, 3.8) is 0 Å². The number of nitrogens with zero attached hydrogens (tertiary/aromatic N) is 1. The van der Waals surface area contributed by atoms with Gasteiger partial charge in [-0.05, 0) is 18.2 Å². The summed E-state index contributed by atoms with van der Waals surface area (Å²) in [7, 11) is 0. The lowest BCUT2D eigenvalue weighted by Crippen LogP contribution is -2.05. The Morgan fingerprint density at radius 2 is 2.12 bits per heavy atom. The number of nitrogen functional groups attached to an aromatic ring is 1. The summed E-state index contributed by atoms with van der Waals surface area (Å²) in [6.45, 7) is 0. The summed E-state index contributed by atoms with van der Waals surface area (Å²) < 4.78 is 25.6. The maximum Gasteiger partial charge on any atom is 0.180 e. The van der Waals surface area contributed by atoms with Crippen LogP contribution in [-0.4, -0.2) is 10.8 Å². The van der Waals surface area contributed by atoms with Crippen molar-refractivity contribution >= 4 is 22.3 Å². The van der Waals surface area contributed by atoms with Crippen LogP contribution in [-0.2, 0) is 6.42 Å². The lowest BCUT2D eigenvalue weighted by atomic mass is 10.1. The summed E-state index contributed by atoms with van der Waals surface area (Å²) in [6.07, 6.45) is 0.0266. The van der Waals surface area contributed by atoms with E-state index in [9.17, 15) is 13.6 Å². The van der Waals surface area contributed by atoms with E-state index in [2.05, 4.69) is 4.98 Å². The van der Waals surface area contributed by atoms with Crippen molar-refractivity contribution < 1.29 is 13.6 Å². The lowest BCUT2D eigenvalue weighted by Gasteiger charge is -1.99. The summed E-state index contributed by atoms with van der Waals surface area (Å²) in [5.74, 6) is -2.33. The molecule has 0 aliphatic carbocycles. The molecule has 0 spiro atoms. The van der Waals surface area contributed by atoms with Gasteiger partial charge in [-0.15, -0.1) is 11.3 Å². The van der Waals surface area contributed by atoms with Gasteiger partial charge in [0.25, 0.3) is 0 Å². The molecule has 1 heterocycles. The molecule has 0 fully saturated rings. The van der Waals surface area contributed by atoms with Crippen molar-refractivity contribution in [1.82, 2.24) is 4.98 Å². The molecule has 0 saturated heterocycles. The maximum atomic E-state index is 12.9. The van der Waals surface area contributed by atoms with Crippen LogP contribution in [0.2, 0.25) is 0 Å². The first-order valence-electron chi connectivity index (χ1n) is 4.74. The van der Waals surface area contributed by atoms with E-state index in [1.165, 1.54) is 17.4 Å². The molecule has 0 bridgehead atoms. The number of aromatic nitrogens is 1. The summed E-state index contributed by atoms with van der Waals surface area (Å²) in [5.41, 5.74) is 6.07. The zero-order valence-corrected chi connectivity index (χ0v) is 9.43. The van der Waals surface area contributed by atoms with Crippen LogP contribution in [0, 0.1) is 11.6 Å². The van der Waals surface area contributed by atoms with E-state index < -0.39 is 11.6 Å². The smallest absolute Gasteiger partial charge is 0.180 e. The van der Waals surface area contributed by atoms with E-state index in [1.54, 1.807) is 5.38 Å². The number of carbonyl (C=O) groups excluding carboxylic acids is 1. The van der Waals surface area contributed by atoms with Crippen LogP contribution in [0.25, 0.3) is 0 Å². The van der Waals surface area contributed by atoms with Gasteiger partial charge >= 0.3 is 0 Å². The average Bonchev–Trinajstić information content (AvgIpc) is 2.68. The molecule has 0 aliphatic rings. The van der Waals surface area contributed by atoms with Crippen LogP contribution in [0.1, 0.15) is 16.1 Å². The zero-order valence-electron chi connectivity index (χ0n) is 8.61. The Hall–Kier alpha value is -1.82. The molecule has 0 saturated carbocycles. The maximum absolute atomic E-state index is 12.9. The molecule has 1 aromatic carbocycles. The van der Waals surface area contributed by atoms with Crippen molar-refractivity contribution in [1.29, 1.82) is 0 Å². The van der Waals surface area contributed by atoms with Crippen molar-refractivity contribution in [3.05, 3.63) is 46.5 Å². The molecule has 0 radical (unpaired) electrons. The SMILES string of the molecule is Nc1nc(CC(=O)c2ccc(F)c(F)c2)cs1. The summed E-state index contributed by atoms with van der Waals surface area (Å²) in [4.78, 5) is 15.6. The number of Topliss-reactive ketones (excluding diaryl/α,β-unsaturated/α-hetero) is 1. The predicted molar refractivity (Wildman–Crippen MR) is 60.9 cm³/mol. The molecule has 6 heteroatoms. The highest BCUT2D eigenvalue weighted by molar-refractivity contribution is 7.13. The van der Waals surface area contributed by atoms with E-state index >= 15 is 0 Å². The number of thiazole rings is 1. The predicted octanol–water partition coefficient (Wildman–Crippen LogP) is 2.43. The van der Waals surface area contributed by atoms with Gasteiger partial charge in [0, 0.05) is 10.9 Å². The molecular formula is C11H8F2N2OS. The van der Waals surface area contributed by atoms with E-state index in [0.29, 0.717) is 10.8 Å². The lowest BCUT2D eigenvalue weighted by molar-refractivity contribution is 0.0991. The highest BCUT2D eigenvalue weighted by Gasteiger charge is 2.12. The van der Waals surface area contributed by atoms with Gasteiger partial charge in [-0.2, -0.15) is 0 Å². The number of hydrogen-bond acceptors (Lipinski definition) is 4. The molecule has 0 amide bonds. The first kappa shape index (κ1) is 11.7. The number of halogens is 2. The third kappa shape index (κ3) is 2.65. The fourth-order valence-electron chi connectivity index (χ4n) is 1.34. The molecule has 0 atom stereocenters. The molecule has 88 valence electrons. The standard InChI is InChI=1S/C11H8F2N2OS/c12-8-2-1-6(3-9(8)13)10(16)4-7-5-17-11(14)15-7/h1-3,5H,4H2,(H2,14,15). The number of benzene rings is 1. The van der Waals surface area contributed by atoms with Crippen molar-refractivity contribution in [2.75, 3.05) is 5.73 Å². The summed E-state index contributed by atoms with van der Waals surface area (Å²) >= 11 is 1.23. The fraction of sp³-hybridized carbons (Fsp3) is 0.0909. The Morgan fingerprint density at radius 3 is 2.71 bits per heavy atom. The van der Waals surface area contributed by atoms with E-state index in [4.69, 9.17) is 5.73 Å². The van der Waals surface area contributed by atoms with Gasteiger partial charge in [0.2, 0.25) is 0 Å². The van der Waals surface area contributed by atoms with Gasteiger partial charge in [-0.3, -0.25) is 4.79 Å². The van der Waals surface area contributed by atoms with Crippen LogP contribution >= 0.6 is 11.3 Å². The minimum Gasteiger partial charge on any atom is -0.375 e. The highest BCUT2D eigenvalue weighted by atomic mass is 32.1. The second-order valence-electron chi connectivity index (χ2n) is 3.41. The second-order valence-corrected chi connectivity index (χ2v) is 4.30. The number of ketones is 1. The largest absolute Gasteiger partial charge is 0.375 e. The van der Waals surface area contributed by atoms with Gasteiger partial charge in [-0.1, -0.05) is 0 Å². The van der Waals surface area contributed by atoms with Crippen LogP contribution in [0.4, 0.5) is 13.9 Å². The third-order valence-corrected chi connectivity index (χ3v) is 2.88. The van der Waals surface area contributed by atoms with E-state index in [-0.39, 0.29) is 17.8 Å².